The Bertz CT molecular complexity index is 1860. The van der Waals surface area contributed by atoms with Crippen molar-refractivity contribution in [2.75, 3.05) is 40.9 Å². The number of allylic oxidation sites excluding steroid dienone is 21. The molecular weight excluding hydrogens is 1040 g/mol. The molecular formula is C72H123N2O7P. The van der Waals surface area contributed by atoms with Gasteiger partial charge < -0.3 is 28.5 Å². The molecule has 0 aliphatic heterocycles. The van der Waals surface area contributed by atoms with Gasteiger partial charge in [-0.3, -0.25) is 14.2 Å². The second kappa shape index (κ2) is 60.3. The van der Waals surface area contributed by atoms with E-state index in [-0.39, 0.29) is 31.3 Å². The van der Waals surface area contributed by atoms with Crippen LogP contribution in [0, 0.1) is 0 Å². The molecule has 0 aliphatic rings. The fraction of sp³-hybridized carbons (Fsp3) is 0.667. The average molecular weight is 1160 g/mol. The Labute approximate surface area is 505 Å². The summed E-state index contributed by atoms with van der Waals surface area (Å²) in [5.41, 5.74) is 0. The highest BCUT2D eigenvalue weighted by atomic mass is 31.2. The fourth-order valence-corrected chi connectivity index (χ4v) is 9.47. The standard InChI is InChI=1S/C72H123N2O7P/c1-7-10-13-16-19-22-25-28-30-32-34-36-37-39-40-42-44-46-49-52-55-58-61-64-71(75)73-69(68-80-82(77,78)79-67-66-74(4,5)6)70(63-60-57-54-51-48-27-24-21-18-15-12-9-3)81-72(76)65-62-59-56-53-50-47-45-43-41-38-35-33-31-29-26-23-20-17-14-11-8-2/h10,13,19-20,22-23,28-31,34-36,38-40,43-46,60,63,69-70H,7-9,11-12,14-18,21,24-27,32-33,37,41-42,47-59,61-62,64-68H2,1-6H3,(H-,73,75,77,78)/b13-10-,22-19-,23-20-,30-28-,31-29-,36-34-,38-35-,40-39-,45-43-,46-44-,63-60+. The van der Waals surface area contributed by atoms with Crippen LogP contribution in [-0.4, -0.2) is 69.4 Å². The molecule has 3 atom stereocenters. The number of phosphoric ester groups is 1. The molecule has 0 spiro atoms. The molecule has 10 heteroatoms. The Morgan fingerprint density at radius 3 is 1.20 bits per heavy atom. The number of unbranched alkanes of at least 4 members (excludes halogenated alkanes) is 22. The van der Waals surface area contributed by atoms with Gasteiger partial charge in [0, 0.05) is 12.8 Å². The van der Waals surface area contributed by atoms with Crippen molar-refractivity contribution in [3.63, 3.8) is 0 Å². The van der Waals surface area contributed by atoms with E-state index in [4.69, 9.17) is 13.8 Å². The highest BCUT2D eigenvalue weighted by molar-refractivity contribution is 7.45. The lowest BCUT2D eigenvalue weighted by Crippen LogP contribution is -2.47. The molecule has 1 amide bonds. The molecule has 3 unspecified atom stereocenters. The molecule has 0 saturated heterocycles. The average Bonchev–Trinajstić information content (AvgIpc) is 3.47. The molecule has 0 aromatic heterocycles. The van der Waals surface area contributed by atoms with E-state index in [1.54, 1.807) is 0 Å². The van der Waals surface area contributed by atoms with E-state index in [1.165, 1.54) is 77.0 Å². The number of nitrogens with zero attached hydrogens (tertiary/aromatic N) is 1. The van der Waals surface area contributed by atoms with Crippen molar-refractivity contribution in [2.24, 2.45) is 0 Å². The minimum absolute atomic E-state index is 0.0386. The molecule has 1 N–H and O–H groups in total. The molecule has 0 aromatic rings. The summed E-state index contributed by atoms with van der Waals surface area (Å²) in [7, 11) is 1.14. The smallest absolute Gasteiger partial charge is 0.306 e. The molecule has 0 heterocycles. The topological polar surface area (TPSA) is 114 Å². The second-order valence-electron chi connectivity index (χ2n) is 22.9. The number of esters is 1. The van der Waals surface area contributed by atoms with Crippen LogP contribution in [0.2, 0.25) is 0 Å². The van der Waals surface area contributed by atoms with Gasteiger partial charge in [-0.1, -0.05) is 251 Å². The van der Waals surface area contributed by atoms with E-state index in [9.17, 15) is 19.0 Å². The predicted octanol–water partition coefficient (Wildman–Crippen LogP) is 20.2. The van der Waals surface area contributed by atoms with Crippen LogP contribution in [0.5, 0.6) is 0 Å². The van der Waals surface area contributed by atoms with Crippen LogP contribution in [0.25, 0.3) is 0 Å². The van der Waals surface area contributed by atoms with Crippen LogP contribution >= 0.6 is 7.82 Å². The van der Waals surface area contributed by atoms with Crippen LogP contribution in [0.3, 0.4) is 0 Å². The third-order valence-electron chi connectivity index (χ3n) is 13.8. The Morgan fingerprint density at radius 2 is 0.780 bits per heavy atom. The number of ether oxygens (including phenoxy) is 1. The maximum Gasteiger partial charge on any atom is 0.306 e. The zero-order valence-corrected chi connectivity index (χ0v) is 54.3. The van der Waals surface area contributed by atoms with E-state index >= 15 is 0 Å². The number of carbonyl (C=O) groups is 2. The number of nitrogens with one attached hydrogen (secondary N) is 1. The maximum atomic E-state index is 13.6. The second-order valence-corrected chi connectivity index (χ2v) is 24.3. The lowest BCUT2D eigenvalue weighted by atomic mass is 10.0. The Morgan fingerprint density at radius 1 is 0.439 bits per heavy atom. The highest BCUT2D eigenvalue weighted by Gasteiger charge is 2.27. The summed E-state index contributed by atoms with van der Waals surface area (Å²) in [5.74, 6) is -0.599. The van der Waals surface area contributed by atoms with E-state index in [1.807, 2.05) is 33.3 Å². The summed E-state index contributed by atoms with van der Waals surface area (Å²) in [6.45, 7) is 6.65. The van der Waals surface area contributed by atoms with E-state index in [2.05, 4.69) is 148 Å². The number of quaternary nitrogens is 1. The Kier molecular flexibility index (Phi) is 57.4. The summed E-state index contributed by atoms with van der Waals surface area (Å²) >= 11 is 0. The zero-order chi connectivity index (χ0) is 60.0. The number of likely N-dealkylation sites (N-methyl/N-ethyl adjacent to an activating group) is 1. The summed E-state index contributed by atoms with van der Waals surface area (Å²) in [6, 6.07) is -0.921. The van der Waals surface area contributed by atoms with Gasteiger partial charge in [0.05, 0.1) is 33.8 Å². The van der Waals surface area contributed by atoms with Crippen molar-refractivity contribution in [1.82, 2.24) is 5.32 Å². The minimum atomic E-state index is -4.72. The number of phosphoric acid groups is 1. The zero-order valence-electron chi connectivity index (χ0n) is 53.4. The van der Waals surface area contributed by atoms with E-state index in [0.29, 0.717) is 23.9 Å². The number of hydrogen-bond donors (Lipinski definition) is 1. The van der Waals surface area contributed by atoms with Crippen molar-refractivity contribution in [3.05, 3.63) is 134 Å². The van der Waals surface area contributed by atoms with Crippen molar-refractivity contribution >= 4 is 19.7 Å². The molecule has 0 saturated carbocycles. The first kappa shape index (κ1) is 78.1. The molecule has 0 rings (SSSR count). The number of amides is 1. The third kappa shape index (κ3) is 60.7. The molecule has 0 aliphatic carbocycles. The van der Waals surface area contributed by atoms with Crippen LogP contribution in [0.15, 0.2) is 134 Å². The molecule has 468 valence electrons. The van der Waals surface area contributed by atoms with Crippen molar-refractivity contribution in [1.29, 1.82) is 0 Å². The van der Waals surface area contributed by atoms with E-state index in [0.717, 1.165) is 135 Å². The molecule has 82 heavy (non-hydrogen) atoms. The van der Waals surface area contributed by atoms with Gasteiger partial charge in [0.1, 0.15) is 19.3 Å². The number of hydrogen-bond acceptors (Lipinski definition) is 7. The molecule has 0 bridgehead atoms. The van der Waals surface area contributed by atoms with Crippen molar-refractivity contribution in [2.45, 2.75) is 270 Å². The van der Waals surface area contributed by atoms with Crippen molar-refractivity contribution in [3.8, 4) is 0 Å². The van der Waals surface area contributed by atoms with Crippen LogP contribution < -0.4 is 10.2 Å². The molecule has 0 radical (unpaired) electrons. The first-order valence-corrected chi connectivity index (χ1v) is 34.5. The normalized spacial score (nSPS) is 14.5. The van der Waals surface area contributed by atoms with Crippen molar-refractivity contribution < 1.29 is 37.3 Å². The largest absolute Gasteiger partial charge is 0.756 e. The first-order valence-electron chi connectivity index (χ1n) is 33.0. The van der Waals surface area contributed by atoms with Crippen LogP contribution in [0.4, 0.5) is 0 Å². The van der Waals surface area contributed by atoms with Gasteiger partial charge in [0.15, 0.2) is 0 Å². The number of carbonyl (C=O) groups excluding carboxylic acids is 2. The third-order valence-corrected chi connectivity index (χ3v) is 14.8. The quantitative estimate of drug-likeness (QED) is 0.0212. The summed E-state index contributed by atoms with van der Waals surface area (Å²) in [6.07, 6.45) is 85.6. The van der Waals surface area contributed by atoms with Gasteiger partial charge in [0.25, 0.3) is 7.82 Å². The highest BCUT2D eigenvalue weighted by Crippen LogP contribution is 2.38. The minimum Gasteiger partial charge on any atom is -0.756 e. The van der Waals surface area contributed by atoms with Gasteiger partial charge in [-0.05, 0) is 128 Å². The SMILES string of the molecule is CC/C=C\C/C=C\C/C=C\C/C=C\C/C=C\C/C=C\CCCCCCC(=O)NC(COP(=O)([O-])OCC[N+](C)(C)C)C(/C=C/CCCCCCCCCCCC)OC(=O)CCCCCCC/C=C\C/C=C\C/C=C\C/C=C\CCCCC. The van der Waals surface area contributed by atoms with Gasteiger partial charge in [-0.2, -0.15) is 0 Å². The predicted molar refractivity (Wildman–Crippen MR) is 353 cm³/mol. The van der Waals surface area contributed by atoms with E-state index < -0.39 is 26.6 Å². The Balaban J connectivity index is 5.30. The monoisotopic (exact) mass is 1160 g/mol. The van der Waals surface area contributed by atoms with Gasteiger partial charge in [-0.25, -0.2) is 0 Å². The molecule has 9 nitrogen and oxygen atoms in total. The van der Waals surface area contributed by atoms with Gasteiger partial charge in [0.2, 0.25) is 5.91 Å². The Hall–Kier alpha value is -3.85. The van der Waals surface area contributed by atoms with Gasteiger partial charge >= 0.3 is 5.97 Å². The fourth-order valence-electron chi connectivity index (χ4n) is 8.74. The van der Waals surface area contributed by atoms with Crippen LogP contribution in [0.1, 0.15) is 258 Å². The number of rotatable bonds is 58. The lowest BCUT2D eigenvalue weighted by molar-refractivity contribution is -0.870. The summed E-state index contributed by atoms with van der Waals surface area (Å²) in [5, 5.41) is 3.01. The summed E-state index contributed by atoms with van der Waals surface area (Å²) in [4.78, 5) is 40.1. The lowest BCUT2D eigenvalue weighted by Gasteiger charge is -2.30. The van der Waals surface area contributed by atoms with Crippen LogP contribution in [-0.2, 0) is 27.9 Å². The molecule has 0 fully saturated rings. The molecule has 0 aromatic carbocycles. The first-order chi connectivity index (χ1) is 39.9. The van der Waals surface area contributed by atoms with Gasteiger partial charge in [-0.15, -0.1) is 0 Å². The summed E-state index contributed by atoms with van der Waals surface area (Å²) < 4.78 is 30.3. The maximum absolute atomic E-state index is 13.6.